The van der Waals surface area contributed by atoms with Gasteiger partial charge in [-0.3, -0.25) is 9.59 Å². The van der Waals surface area contributed by atoms with Crippen LogP contribution in [-0.2, 0) is 20.9 Å². The van der Waals surface area contributed by atoms with E-state index in [-0.39, 0.29) is 31.1 Å². The summed E-state index contributed by atoms with van der Waals surface area (Å²) < 4.78 is 5.39. The number of piperidine rings is 1. The van der Waals surface area contributed by atoms with Crippen molar-refractivity contribution >= 4 is 11.8 Å². The van der Waals surface area contributed by atoms with Crippen molar-refractivity contribution in [2.45, 2.75) is 38.4 Å². The number of amides is 2. The number of ether oxygens (including phenoxy) is 1. The summed E-state index contributed by atoms with van der Waals surface area (Å²) in [4.78, 5) is 29.0. The molecule has 0 aromatic heterocycles. The van der Waals surface area contributed by atoms with Crippen LogP contribution in [0.1, 0.15) is 25.3 Å². The van der Waals surface area contributed by atoms with Crippen LogP contribution in [0.15, 0.2) is 30.3 Å². The second-order valence-electron chi connectivity index (χ2n) is 7.08. The molecule has 2 heterocycles. The van der Waals surface area contributed by atoms with Crippen LogP contribution in [0.5, 0.6) is 0 Å². The molecule has 25 heavy (non-hydrogen) atoms. The fraction of sp³-hybridized carbons (Fsp3) is 0.579. The first-order chi connectivity index (χ1) is 12.1. The predicted octanol–water partition coefficient (Wildman–Crippen LogP) is 1.000. The van der Waals surface area contributed by atoms with Gasteiger partial charge in [0.25, 0.3) is 0 Å². The van der Waals surface area contributed by atoms with Gasteiger partial charge in [-0.15, -0.1) is 0 Å². The standard InChI is InChI=1S/C19H27N3O3/c1-14(20)16-8-5-9-21(11-16)19(24)17-12-25-13-18(23)22(17)10-15-6-3-2-4-7-15/h2-4,6-7,14,16-17H,5,8-13,20H2,1H3/t14?,16?,17-/m1/s1. The minimum Gasteiger partial charge on any atom is -0.369 e. The van der Waals surface area contributed by atoms with E-state index >= 15 is 0 Å². The lowest BCUT2D eigenvalue weighted by Gasteiger charge is -2.40. The molecule has 3 rings (SSSR count). The van der Waals surface area contributed by atoms with E-state index in [0.717, 1.165) is 24.9 Å². The minimum atomic E-state index is -0.548. The van der Waals surface area contributed by atoms with Crippen LogP contribution in [-0.4, -0.2) is 60.0 Å². The van der Waals surface area contributed by atoms with Crippen molar-refractivity contribution in [3.63, 3.8) is 0 Å². The fourth-order valence-corrected chi connectivity index (χ4v) is 3.64. The van der Waals surface area contributed by atoms with E-state index in [1.54, 1.807) is 4.90 Å². The third-order valence-electron chi connectivity index (χ3n) is 5.19. The zero-order valence-electron chi connectivity index (χ0n) is 14.8. The van der Waals surface area contributed by atoms with Crippen molar-refractivity contribution in [2.24, 2.45) is 11.7 Å². The first-order valence-electron chi connectivity index (χ1n) is 9.01. The summed E-state index contributed by atoms with van der Waals surface area (Å²) in [6.45, 7) is 4.12. The van der Waals surface area contributed by atoms with Gasteiger partial charge in [0.2, 0.25) is 11.8 Å². The van der Waals surface area contributed by atoms with Crippen molar-refractivity contribution in [2.75, 3.05) is 26.3 Å². The van der Waals surface area contributed by atoms with Crippen LogP contribution in [0, 0.1) is 5.92 Å². The second kappa shape index (κ2) is 7.97. The molecule has 0 saturated carbocycles. The minimum absolute atomic E-state index is 0.0191. The van der Waals surface area contributed by atoms with Crippen LogP contribution in [0.25, 0.3) is 0 Å². The normalized spacial score (nSPS) is 25.8. The molecule has 6 nitrogen and oxygen atoms in total. The van der Waals surface area contributed by atoms with E-state index < -0.39 is 6.04 Å². The van der Waals surface area contributed by atoms with E-state index in [0.29, 0.717) is 19.0 Å². The zero-order chi connectivity index (χ0) is 17.8. The molecular formula is C19H27N3O3. The van der Waals surface area contributed by atoms with Crippen molar-refractivity contribution in [3.8, 4) is 0 Å². The van der Waals surface area contributed by atoms with Gasteiger partial charge in [-0.2, -0.15) is 0 Å². The Kier molecular flexibility index (Phi) is 5.71. The smallest absolute Gasteiger partial charge is 0.249 e. The Labute approximate surface area is 148 Å². The highest BCUT2D eigenvalue weighted by Gasteiger charge is 2.38. The van der Waals surface area contributed by atoms with Gasteiger partial charge in [0.1, 0.15) is 12.6 Å². The molecule has 0 radical (unpaired) electrons. The average molecular weight is 345 g/mol. The molecule has 2 unspecified atom stereocenters. The summed E-state index contributed by atoms with van der Waals surface area (Å²) in [5.74, 6) is 0.170. The summed E-state index contributed by atoms with van der Waals surface area (Å²) in [6, 6.07) is 9.28. The molecule has 2 aliphatic heterocycles. The molecule has 0 bridgehead atoms. The molecule has 1 aromatic carbocycles. The molecule has 6 heteroatoms. The van der Waals surface area contributed by atoms with Crippen LogP contribution in [0.2, 0.25) is 0 Å². The number of nitrogens with two attached hydrogens (primary N) is 1. The van der Waals surface area contributed by atoms with E-state index in [1.807, 2.05) is 42.2 Å². The number of hydrogen-bond donors (Lipinski definition) is 1. The molecule has 2 aliphatic rings. The summed E-state index contributed by atoms with van der Waals surface area (Å²) >= 11 is 0. The molecule has 0 spiro atoms. The summed E-state index contributed by atoms with van der Waals surface area (Å²) in [6.07, 6.45) is 2.01. The Morgan fingerprint density at radius 2 is 2.12 bits per heavy atom. The van der Waals surface area contributed by atoms with Gasteiger partial charge in [-0.05, 0) is 31.2 Å². The van der Waals surface area contributed by atoms with Crippen LogP contribution < -0.4 is 5.73 Å². The Morgan fingerprint density at radius 1 is 1.36 bits per heavy atom. The van der Waals surface area contributed by atoms with Gasteiger partial charge in [0.05, 0.1) is 6.61 Å². The molecule has 136 valence electrons. The lowest BCUT2D eigenvalue weighted by molar-refractivity contribution is -0.160. The molecule has 2 fully saturated rings. The van der Waals surface area contributed by atoms with E-state index in [2.05, 4.69) is 0 Å². The average Bonchev–Trinajstić information content (AvgIpc) is 2.64. The lowest BCUT2D eigenvalue weighted by Crippen LogP contribution is -2.58. The van der Waals surface area contributed by atoms with Crippen molar-refractivity contribution in [3.05, 3.63) is 35.9 Å². The maximum absolute atomic E-state index is 13.1. The topological polar surface area (TPSA) is 75.9 Å². The molecule has 3 atom stereocenters. The molecule has 2 amide bonds. The van der Waals surface area contributed by atoms with E-state index in [9.17, 15) is 9.59 Å². The first kappa shape index (κ1) is 17.9. The van der Waals surface area contributed by atoms with Crippen LogP contribution >= 0.6 is 0 Å². The number of nitrogens with zero attached hydrogens (tertiary/aromatic N) is 2. The van der Waals surface area contributed by atoms with Gasteiger partial charge in [-0.25, -0.2) is 0 Å². The predicted molar refractivity (Wildman–Crippen MR) is 94.6 cm³/mol. The maximum atomic E-state index is 13.1. The highest BCUT2D eigenvalue weighted by atomic mass is 16.5. The number of benzene rings is 1. The van der Waals surface area contributed by atoms with Gasteiger partial charge < -0.3 is 20.3 Å². The highest BCUT2D eigenvalue weighted by molar-refractivity contribution is 5.89. The van der Waals surface area contributed by atoms with Crippen molar-refractivity contribution < 1.29 is 14.3 Å². The molecule has 1 aromatic rings. The van der Waals surface area contributed by atoms with Crippen LogP contribution in [0.4, 0.5) is 0 Å². The molecule has 2 N–H and O–H groups in total. The molecule has 2 saturated heterocycles. The van der Waals surface area contributed by atoms with Crippen molar-refractivity contribution in [1.82, 2.24) is 9.80 Å². The Bertz CT molecular complexity index is 605. The number of carbonyl (C=O) groups excluding carboxylic acids is 2. The zero-order valence-corrected chi connectivity index (χ0v) is 14.8. The quantitative estimate of drug-likeness (QED) is 0.883. The third kappa shape index (κ3) is 4.19. The Balaban J connectivity index is 1.73. The highest BCUT2D eigenvalue weighted by Crippen LogP contribution is 2.22. The van der Waals surface area contributed by atoms with Gasteiger partial charge in [0, 0.05) is 25.7 Å². The van der Waals surface area contributed by atoms with E-state index in [4.69, 9.17) is 10.5 Å². The summed E-state index contributed by atoms with van der Waals surface area (Å²) in [5, 5.41) is 0. The summed E-state index contributed by atoms with van der Waals surface area (Å²) in [5.41, 5.74) is 7.05. The molecule has 0 aliphatic carbocycles. The largest absolute Gasteiger partial charge is 0.369 e. The van der Waals surface area contributed by atoms with Gasteiger partial charge in [-0.1, -0.05) is 30.3 Å². The maximum Gasteiger partial charge on any atom is 0.249 e. The number of likely N-dealkylation sites (tertiary alicyclic amines) is 1. The van der Waals surface area contributed by atoms with E-state index in [1.165, 1.54) is 0 Å². The monoisotopic (exact) mass is 345 g/mol. The molecular weight excluding hydrogens is 318 g/mol. The van der Waals surface area contributed by atoms with Crippen LogP contribution in [0.3, 0.4) is 0 Å². The Hall–Kier alpha value is -1.92. The van der Waals surface area contributed by atoms with Crippen molar-refractivity contribution in [1.29, 1.82) is 0 Å². The third-order valence-corrected chi connectivity index (χ3v) is 5.19. The number of carbonyl (C=O) groups is 2. The number of morpholine rings is 1. The lowest BCUT2D eigenvalue weighted by atomic mass is 9.91. The number of hydrogen-bond acceptors (Lipinski definition) is 4. The fourth-order valence-electron chi connectivity index (χ4n) is 3.64. The second-order valence-corrected chi connectivity index (χ2v) is 7.08. The SMILES string of the molecule is CC(N)C1CCCN(C(=O)[C@H]2COCC(=O)N2Cc2ccccc2)C1. The Morgan fingerprint density at radius 3 is 2.84 bits per heavy atom. The summed E-state index contributed by atoms with van der Waals surface area (Å²) in [7, 11) is 0. The number of rotatable bonds is 4. The van der Waals surface area contributed by atoms with Gasteiger partial charge >= 0.3 is 0 Å². The first-order valence-corrected chi connectivity index (χ1v) is 9.01. The van der Waals surface area contributed by atoms with Gasteiger partial charge in [0.15, 0.2) is 0 Å².